The van der Waals surface area contributed by atoms with E-state index >= 15 is 0 Å². The van der Waals surface area contributed by atoms with Gasteiger partial charge in [-0.3, -0.25) is 9.59 Å². The van der Waals surface area contributed by atoms with E-state index in [1.165, 1.54) is 0 Å². The van der Waals surface area contributed by atoms with Crippen LogP contribution in [0.3, 0.4) is 0 Å². The number of halogens is 4. The maximum Gasteiger partial charge on any atom is 0.419 e. The molecule has 0 spiro atoms. The van der Waals surface area contributed by atoms with E-state index in [4.69, 9.17) is 5.73 Å². The Morgan fingerprint density at radius 3 is 2.68 bits per heavy atom. The van der Waals surface area contributed by atoms with Crippen molar-refractivity contribution >= 4 is 27.5 Å². The van der Waals surface area contributed by atoms with E-state index in [1.807, 2.05) is 0 Å². The molecule has 0 saturated heterocycles. The Morgan fingerprint density at radius 1 is 1.32 bits per heavy atom. The molecule has 1 amide bonds. The van der Waals surface area contributed by atoms with Crippen LogP contribution in [0.25, 0.3) is 10.2 Å². The van der Waals surface area contributed by atoms with Crippen LogP contribution >= 0.6 is 11.3 Å². The Labute approximate surface area is 159 Å². The molecule has 28 heavy (non-hydrogen) atoms. The Balaban J connectivity index is 1.97. The SMILES string of the molecule is CN(Cc1nc2ccsc2c(=O)[nH]1)C(=O)[C@@](N)(c1cccc(F)c1)C(F)(F)F. The zero-order valence-corrected chi connectivity index (χ0v) is 15.2. The van der Waals surface area contributed by atoms with Crippen LogP contribution in [0.2, 0.25) is 0 Å². The number of fused-ring (bicyclic) bond motifs is 1. The number of H-pyrrole nitrogens is 1. The van der Waals surface area contributed by atoms with E-state index in [-0.39, 0.29) is 5.82 Å². The number of nitrogens with two attached hydrogens (primary N) is 1. The molecule has 0 aliphatic heterocycles. The molecule has 1 aromatic carbocycles. The molecular weight excluding hydrogens is 400 g/mol. The zero-order valence-electron chi connectivity index (χ0n) is 14.4. The van der Waals surface area contributed by atoms with Crippen LogP contribution in [0.1, 0.15) is 11.4 Å². The smallest absolute Gasteiger partial charge is 0.336 e. The number of hydrogen-bond donors (Lipinski definition) is 2. The van der Waals surface area contributed by atoms with Gasteiger partial charge in [-0.15, -0.1) is 11.3 Å². The number of amides is 1. The second-order valence-corrected chi connectivity index (χ2v) is 7.04. The Kier molecular flexibility index (Phi) is 4.98. The van der Waals surface area contributed by atoms with E-state index in [0.717, 1.165) is 36.6 Å². The van der Waals surface area contributed by atoms with Crippen molar-refractivity contribution in [3.63, 3.8) is 0 Å². The lowest BCUT2D eigenvalue weighted by atomic mass is 9.88. The minimum Gasteiger partial charge on any atom is -0.336 e. The van der Waals surface area contributed by atoms with Gasteiger partial charge >= 0.3 is 6.18 Å². The first-order chi connectivity index (χ1) is 13.0. The molecule has 3 N–H and O–H groups in total. The standard InChI is InChI=1S/C17H14F4N4O2S/c1-25(8-12-23-11-5-6-28-13(11)14(26)24-12)15(27)16(22,17(19,20)21)9-3-2-4-10(18)7-9/h2-7H,8,22H2,1H3,(H,23,24,26)/t16-/m0/s1. The van der Waals surface area contributed by atoms with Gasteiger partial charge in [0.2, 0.25) is 5.54 Å². The van der Waals surface area contributed by atoms with Crippen LogP contribution in [0.15, 0.2) is 40.5 Å². The Bertz CT molecular complexity index is 1090. The topological polar surface area (TPSA) is 92.1 Å². The van der Waals surface area contributed by atoms with Crippen LogP contribution in [-0.4, -0.2) is 34.0 Å². The van der Waals surface area contributed by atoms with Gasteiger partial charge in [0, 0.05) is 7.05 Å². The highest BCUT2D eigenvalue weighted by molar-refractivity contribution is 7.17. The summed E-state index contributed by atoms with van der Waals surface area (Å²) in [5, 5.41) is 1.64. The van der Waals surface area contributed by atoms with Crippen molar-refractivity contribution in [3.8, 4) is 0 Å². The summed E-state index contributed by atoms with van der Waals surface area (Å²) in [4.78, 5) is 31.9. The molecule has 3 aromatic rings. The predicted molar refractivity (Wildman–Crippen MR) is 95.0 cm³/mol. The fraction of sp³-hybridized carbons (Fsp3) is 0.235. The van der Waals surface area contributed by atoms with E-state index in [0.29, 0.717) is 21.2 Å². The van der Waals surface area contributed by atoms with Crippen molar-refractivity contribution in [1.29, 1.82) is 0 Å². The third-order valence-electron chi connectivity index (χ3n) is 4.16. The van der Waals surface area contributed by atoms with Crippen LogP contribution in [-0.2, 0) is 16.9 Å². The van der Waals surface area contributed by atoms with Gasteiger partial charge in [0.1, 0.15) is 16.3 Å². The number of nitrogens with one attached hydrogen (secondary N) is 1. The van der Waals surface area contributed by atoms with Gasteiger partial charge in [0.05, 0.1) is 12.1 Å². The van der Waals surface area contributed by atoms with Crippen LogP contribution < -0.4 is 11.3 Å². The predicted octanol–water partition coefficient (Wildman–Crippen LogP) is 2.50. The van der Waals surface area contributed by atoms with Gasteiger partial charge < -0.3 is 15.6 Å². The average molecular weight is 414 g/mol. The van der Waals surface area contributed by atoms with Crippen LogP contribution in [0.4, 0.5) is 17.6 Å². The number of hydrogen-bond acceptors (Lipinski definition) is 5. The summed E-state index contributed by atoms with van der Waals surface area (Å²) in [6.07, 6.45) is -5.19. The molecule has 0 aliphatic carbocycles. The van der Waals surface area contributed by atoms with Gasteiger partial charge in [0.25, 0.3) is 11.5 Å². The molecule has 148 valence electrons. The number of carbonyl (C=O) groups is 1. The number of nitrogens with zero attached hydrogens (tertiary/aromatic N) is 2. The van der Waals surface area contributed by atoms with Crippen molar-refractivity contribution in [2.75, 3.05) is 7.05 Å². The molecule has 0 unspecified atom stereocenters. The van der Waals surface area contributed by atoms with Gasteiger partial charge in [-0.1, -0.05) is 12.1 Å². The highest BCUT2D eigenvalue weighted by Gasteiger charge is 2.60. The highest BCUT2D eigenvalue weighted by Crippen LogP contribution is 2.38. The lowest BCUT2D eigenvalue weighted by Gasteiger charge is -2.34. The quantitative estimate of drug-likeness (QED) is 0.642. The van der Waals surface area contributed by atoms with E-state index < -0.39 is 41.1 Å². The number of alkyl halides is 3. The molecule has 3 rings (SSSR count). The number of benzene rings is 1. The zero-order chi connectivity index (χ0) is 20.7. The summed E-state index contributed by atoms with van der Waals surface area (Å²) in [6, 6.07) is 5.06. The van der Waals surface area contributed by atoms with Gasteiger partial charge in [0.15, 0.2) is 0 Å². The number of thiophene rings is 1. The van der Waals surface area contributed by atoms with Crippen LogP contribution in [0, 0.1) is 5.82 Å². The summed E-state index contributed by atoms with van der Waals surface area (Å²) in [5.74, 6) is -2.48. The Morgan fingerprint density at radius 2 is 2.04 bits per heavy atom. The third-order valence-corrected chi connectivity index (χ3v) is 5.06. The van der Waals surface area contributed by atoms with E-state index in [9.17, 15) is 27.2 Å². The molecule has 2 heterocycles. The summed E-state index contributed by atoms with van der Waals surface area (Å²) in [6.45, 7) is -0.426. The monoisotopic (exact) mass is 414 g/mol. The summed E-state index contributed by atoms with van der Waals surface area (Å²) < 4.78 is 55.0. The van der Waals surface area contributed by atoms with E-state index in [2.05, 4.69) is 9.97 Å². The fourth-order valence-electron chi connectivity index (χ4n) is 2.74. The third kappa shape index (κ3) is 3.38. The minimum absolute atomic E-state index is 0.00415. The van der Waals surface area contributed by atoms with Gasteiger partial charge in [-0.25, -0.2) is 9.37 Å². The number of carbonyl (C=O) groups excluding carboxylic acids is 1. The van der Waals surface area contributed by atoms with E-state index in [1.54, 1.807) is 11.4 Å². The van der Waals surface area contributed by atoms with Gasteiger partial charge in [-0.2, -0.15) is 13.2 Å². The average Bonchev–Trinajstić information content (AvgIpc) is 3.08. The molecule has 11 heteroatoms. The summed E-state index contributed by atoms with van der Waals surface area (Å²) in [7, 11) is 1.09. The van der Waals surface area contributed by atoms with Crippen LogP contribution in [0.5, 0.6) is 0 Å². The second-order valence-electron chi connectivity index (χ2n) is 6.12. The summed E-state index contributed by atoms with van der Waals surface area (Å²) >= 11 is 1.16. The number of aromatic nitrogens is 2. The lowest BCUT2D eigenvalue weighted by Crippen LogP contribution is -2.60. The van der Waals surface area contributed by atoms with Crippen molar-refractivity contribution in [3.05, 3.63) is 63.3 Å². The second kappa shape index (κ2) is 6.99. The maximum absolute atomic E-state index is 13.7. The first-order valence-electron chi connectivity index (χ1n) is 7.87. The number of likely N-dealkylation sites (N-methyl/N-ethyl adjacent to an activating group) is 1. The largest absolute Gasteiger partial charge is 0.419 e. The molecule has 0 aliphatic rings. The molecular formula is C17H14F4N4O2S. The number of rotatable bonds is 4. The van der Waals surface area contributed by atoms with Crippen molar-refractivity contribution < 1.29 is 22.4 Å². The van der Waals surface area contributed by atoms with Crippen molar-refractivity contribution in [2.45, 2.75) is 18.3 Å². The fourth-order valence-corrected chi connectivity index (χ4v) is 3.46. The lowest BCUT2D eigenvalue weighted by molar-refractivity contribution is -0.200. The van der Waals surface area contributed by atoms with Gasteiger partial charge in [-0.05, 0) is 29.1 Å². The first-order valence-corrected chi connectivity index (χ1v) is 8.75. The molecule has 0 radical (unpaired) electrons. The molecule has 6 nitrogen and oxygen atoms in total. The molecule has 0 saturated carbocycles. The minimum atomic E-state index is -5.19. The number of aromatic amines is 1. The molecule has 0 fully saturated rings. The van der Waals surface area contributed by atoms with Crippen molar-refractivity contribution in [1.82, 2.24) is 14.9 Å². The molecule has 1 atom stereocenters. The first kappa shape index (κ1) is 20.0. The highest BCUT2D eigenvalue weighted by atomic mass is 32.1. The molecule has 2 aromatic heterocycles. The van der Waals surface area contributed by atoms with Crippen molar-refractivity contribution in [2.24, 2.45) is 5.73 Å². The molecule has 0 bridgehead atoms. The maximum atomic E-state index is 13.7. The Hall–Kier alpha value is -2.79. The summed E-state index contributed by atoms with van der Waals surface area (Å²) in [5.41, 5.74) is 1.21. The normalized spacial score (nSPS) is 14.1.